The van der Waals surface area contributed by atoms with Gasteiger partial charge < -0.3 is 15.7 Å². The van der Waals surface area contributed by atoms with Crippen molar-refractivity contribution in [1.29, 1.82) is 0 Å². The van der Waals surface area contributed by atoms with Gasteiger partial charge in [-0.25, -0.2) is 0 Å². The van der Waals surface area contributed by atoms with Gasteiger partial charge in [0.25, 0.3) is 0 Å². The van der Waals surface area contributed by atoms with Crippen LogP contribution in [0, 0.1) is 0 Å². The molecule has 0 atom stereocenters. The third-order valence-corrected chi connectivity index (χ3v) is 1.59. The van der Waals surface area contributed by atoms with Crippen LogP contribution in [-0.4, -0.2) is 23.1 Å². The molecule has 1 rings (SSSR count). The summed E-state index contributed by atoms with van der Waals surface area (Å²) in [6.07, 6.45) is 3.56. The van der Waals surface area contributed by atoms with E-state index in [0.717, 1.165) is 5.56 Å². The van der Waals surface area contributed by atoms with Gasteiger partial charge in [-0.1, -0.05) is 5.16 Å². The van der Waals surface area contributed by atoms with Crippen molar-refractivity contribution in [1.82, 2.24) is 4.98 Å². The van der Waals surface area contributed by atoms with Crippen LogP contribution in [0.25, 0.3) is 0 Å². The Morgan fingerprint density at radius 3 is 3.15 bits per heavy atom. The second-order valence-corrected chi connectivity index (χ2v) is 2.46. The molecular weight excluding hydrogens is 170 g/mol. The quantitative estimate of drug-likeness (QED) is 0.306. The molecule has 70 valence electrons. The number of methoxy groups -OCH3 is 1. The van der Waals surface area contributed by atoms with Crippen molar-refractivity contribution < 1.29 is 9.94 Å². The van der Waals surface area contributed by atoms with Gasteiger partial charge in [0.15, 0.2) is 0 Å². The molecule has 3 N–H and O–H groups in total. The Labute approximate surface area is 75.8 Å². The maximum atomic E-state index is 8.37. The van der Waals surface area contributed by atoms with E-state index < -0.39 is 0 Å². The summed E-state index contributed by atoms with van der Waals surface area (Å²) in [6, 6.07) is 1.76. The van der Waals surface area contributed by atoms with Gasteiger partial charge in [0.2, 0.25) is 0 Å². The molecule has 0 aliphatic rings. The average Bonchev–Trinajstić information content (AvgIpc) is 2.18. The fourth-order valence-electron chi connectivity index (χ4n) is 0.969. The molecule has 0 saturated carbocycles. The summed E-state index contributed by atoms with van der Waals surface area (Å²) in [4.78, 5) is 3.88. The number of nitrogens with two attached hydrogens (primary N) is 1. The number of pyridine rings is 1. The van der Waals surface area contributed by atoms with Gasteiger partial charge >= 0.3 is 0 Å². The SMILES string of the molecule is COc1cnccc1C/C(N)=N/O. The summed E-state index contributed by atoms with van der Waals surface area (Å²) in [5.74, 6) is 0.776. The Bertz CT molecular complexity index is 312. The molecule has 0 bridgehead atoms. The molecule has 0 aliphatic heterocycles. The van der Waals surface area contributed by atoms with Crippen LogP contribution in [0.2, 0.25) is 0 Å². The fraction of sp³-hybridized carbons (Fsp3) is 0.250. The number of hydrogen-bond donors (Lipinski definition) is 2. The van der Waals surface area contributed by atoms with Gasteiger partial charge in [-0.2, -0.15) is 0 Å². The zero-order valence-corrected chi connectivity index (χ0v) is 7.27. The highest BCUT2D eigenvalue weighted by Gasteiger charge is 2.03. The summed E-state index contributed by atoms with van der Waals surface area (Å²) < 4.78 is 5.04. The van der Waals surface area contributed by atoms with Gasteiger partial charge in [0, 0.05) is 18.2 Å². The number of aromatic nitrogens is 1. The highest BCUT2D eigenvalue weighted by Crippen LogP contribution is 2.15. The van der Waals surface area contributed by atoms with Crippen molar-refractivity contribution in [3.63, 3.8) is 0 Å². The maximum absolute atomic E-state index is 8.37. The summed E-state index contributed by atoms with van der Waals surface area (Å²) in [6.45, 7) is 0. The van der Waals surface area contributed by atoms with Gasteiger partial charge in [0.05, 0.1) is 13.3 Å². The Balaban J connectivity index is 2.87. The molecule has 0 saturated heterocycles. The normalized spacial score (nSPS) is 11.3. The zero-order chi connectivity index (χ0) is 9.68. The van der Waals surface area contributed by atoms with Crippen molar-refractivity contribution in [3.8, 4) is 5.75 Å². The smallest absolute Gasteiger partial charge is 0.143 e. The average molecular weight is 181 g/mol. The molecule has 0 radical (unpaired) electrons. The molecule has 0 fully saturated rings. The van der Waals surface area contributed by atoms with Crippen LogP contribution < -0.4 is 10.5 Å². The number of hydrogen-bond acceptors (Lipinski definition) is 4. The predicted molar refractivity (Wildman–Crippen MR) is 47.9 cm³/mol. The summed E-state index contributed by atoms with van der Waals surface area (Å²) in [7, 11) is 1.55. The van der Waals surface area contributed by atoms with Crippen LogP contribution in [0.4, 0.5) is 0 Å². The molecule has 0 spiro atoms. The van der Waals surface area contributed by atoms with Crippen molar-refractivity contribution in [2.75, 3.05) is 7.11 Å². The molecule has 1 aromatic rings. The summed E-state index contributed by atoms with van der Waals surface area (Å²) >= 11 is 0. The fourth-order valence-corrected chi connectivity index (χ4v) is 0.969. The van der Waals surface area contributed by atoms with E-state index in [9.17, 15) is 0 Å². The minimum absolute atomic E-state index is 0.143. The first-order valence-corrected chi connectivity index (χ1v) is 3.71. The van der Waals surface area contributed by atoms with Crippen molar-refractivity contribution in [2.45, 2.75) is 6.42 Å². The molecule has 5 nitrogen and oxygen atoms in total. The van der Waals surface area contributed by atoms with E-state index in [0.29, 0.717) is 12.2 Å². The lowest BCUT2D eigenvalue weighted by atomic mass is 10.2. The van der Waals surface area contributed by atoms with Gasteiger partial charge in [-0.3, -0.25) is 4.98 Å². The molecule has 0 aromatic carbocycles. The maximum Gasteiger partial charge on any atom is 0.143 e. The molecule has 0 aliphatic carbocycles. The highest BCUT2D eigenvalue weighted by atomic mass is 16.5. The Kier molecular flexibility index (Phi) is 3.08. The van der Waals surface area contributed by atoms with E-state index in [-0.39, 0.29) is 5.84 Å². The Morgan fingerprint density at radius 1 is 1.77 bits per heavy atom. The van der Waals surface area contributed by atoms with Crippen LogP contribution in [0.5, 0.6) is 5.75 Å². The number of oxime groups is 1. The monoisotopic (exact) mass is 181 g/mol. The van der Waals surface area contributed by atoms with Crippen LogP contribution in [-0.2, 0) is 6.42 Å². The minimum Gasteiger partial charge on any atom is -0.495 e. The zero-order valence-electron chi connectivity index (χ0n) is 7.27. The highest BCUT2D eigenvalue weighted by molar-refractivity contribution is 5.82. The van der Waals surface area contributed by atoms with Crippen LogP contribution in [0.1, 0.15) is 5.56 Å². The Hall–Kier alpha value is -1.78. The van der Waals surface area contributed by atoms with E-state index in [1.165, 1.54) is 0 Å². The first-order chi connectivity index (χ1) is 6.27. The van der Waals surface area contributed by atoms with Crippen LogP contribution in [0.15, 0.2) is 23.6 Å². The topological polar surface area (TPSA) is 80.7 Å². The molecule has 13 heavy (non-hydrogen) atoms. The minimum atomic E-state index is 0.143. The van der Waals surface area contributed by atoms with E-state index in [2.05, 4.69) is 10.1 Å². The van der Waals surface area contributed by atoms with E-state index in [1.807, 2.05) is 0 Å². The summed E-state index contributed by atoms with van der Waals surface area (Å²) in [5.41, 5.74) is 6.19. The lowest BCUT2D eigenvalue weighted by Gasteiger charge is -2.05. The lowest BCUT2D eigenvalue weighted by molar-refractivity contribution is 0.317. The molecule has 0 amide bonds. The first-order valence-electron chi connectivity index (χ1n) is 3.71. The van der Waals surface area contributed by atoms with E-state index in [1.54, 1.807) is 25.6 Å². The third-order valence-electron chi connectivity index (χ3n) is 1.59. The van der Waals surface area contributed by atoms with Crippen molar-refractivity contribution >= 4 is 5.84 Å². The summed E-state index contributed by atoms with van der Waals surface area (Å²) in [5, 5.41) is 11.2. The number of amidine groups is 1. The predicted octanol–water partition coefficient (Wildman–Crippen LogP) is 0.379. The largest absolute Gasteiger partial charge is 0.495 e. The van der Waals surface area contributed by atoms with Crippen LogP contribution in [0.3, 0.4) is 0 Å². The van der Waals surface area contributed by atoms with Crippen LogP contribution >= 0.6 is 0 Å². The standard InChI is InChI=1S/C8H11N3O2/c1-13-7-5-10-3-2-6(7)4-8(9)11-12/h2-3,5,12H,4H2,1H3,(H2,9,11). The van der Waals surface area contributed by atoms with Crippen molar-refractivity contribution in [2.24, 2.45) is 10.9 Å². The lowest BCUT2D eigenvalue weighted by Crippen LogP contribution is -2.15. The molecule has 1 heterocycles. The number of nitrogens with zero attached hydrogens (tertiary/aromatic N) is 2. The second kappa shape index (κ2) is 4.30. The Morgan fingerprint density at radius 2 is 2.54 bits per heavy atom. The van der Waals surface area contributed by atoms with Gasteiger partial charge in [-0.05, 0) is 6.07 Å². The first kappa shape index (κ1) is 9.31. The molecule has 0 unspecified atom stereocenters. The van der Waals surface area contributed by atoms with Crippen molar-refractivity contribution in [3.05, 3.63) is 24.0 Å². The van der Waals surface area contributed by atoms with Gasteiger partial charge in [-0.15, -0.1) is 0 Å². The molecule has 5 heteroatoms. The molecule has 1 aromatic heterocycles. The third kappa shape index (κ3) is 2.33. The number of rotatable bonds is 3. The second-order valence-electron chi connectivity index (χ2n) is 2.46. The van der Waals surface area contributed by atoms with E-state index in [4.69, 9.17) is 15.7 Å². The number of ether oxygens (including phenoxy) is 1. The van der Waals surface area contributed by atoms with Gasteiger partial charge in [0.1, 0.15) is 11.6 Å². The molecular formula is C8H11N3O2. The van der Waals surface area contributed by atoms with E-state index >= 15 is 0 Å².